The zero-order chi connectivity index (χ0) is 7.97. The summed E-state index contributed by atoms with van der Waals surface area (Å²) < 4.78 is 0. The van der Waals surface area contributed by atoms with Gasteiger partial charge >= 0.3 is 0 Å². The Labute approximate surface area is 73.0 Å². The molecule has 12 heavy (non-hydrogen) atoms. The summed E-state index contributed by atoms with van der Waals surface area (Å²) in [7, 11) is 0. The highest BCUT2D eigenvalue weighted by Gasteiger charge is 2.27. The maximum Gasteiger partial charge on any atom is -0.0180 e. The molecule has 0 spiro atoms. The summed E-state index contributed by atoms with van der Waals surface area (Å²) >= 11 is 0. The van der Waals surface area contributed by atoms with Crippen LogP contribution in [0.5, 0.6) is 0 Å². The Morgan fingerprint density at radius 3 is 1.75 bits per heavy atom. The van der Waals surface area contributed by atoms with Crippen molar-refractivity contribution >= 4 is 0 Å². The Balaban J connectivity index is 2.14. The third kappa shape index (κ3) is 0.677. The second-order valence-corrected chi connectivity index (χ2v) is 3.71. The first-order chi connectivity index (χ1) is 5.97. The zero-order valence-electron chi connectivity index (χ0n) is 7.14. The molecular weight excluding hydrogens is 144 g/mol. The predicted molar refractivity (Wildman–Crippen MR) is 50.8 cm³/mol. The summed E-state index contributed by atoms with van der Waals surface area (Å²) in [6.07, 6.45) is 14.3. The Bertz CT molecular complexity index is 301. The average molecular weight is 156 g/mol. The van der Waals surface area contributed by atoms with Crippen LogP contribution in [0.15, 0.2) is 46.6 Å². The lowest BCUT2D eigenvalue weighted by Crippen LogP contribution is -2.06. The molecule has 0 unspecified atom stereocenters. The summed E-state index contributed by atoms with van der Waals surface area (Å²) in [5, 5.41) is 0. The van der Waals surface area contributed by atoms with E-state index in [1.165, 1.54) is 25.7 Å². The van der Waals surface area contributed by atoms with Crippen molar-refractivity contribution in [3.8, 4) is 0 Å². The monoisotopic (exact) mass is 156 g/mol. The molecule has 0 N–H and O–H groups in total. The molecule has 0 nitrogen and oxygen atoms in total. The lowest BCUT2D eigenvalue weighted by Gasteiger charge is -2.24. The summed E-state index contributed by atoms with van der Waals surface area (Å²) in [6, 6.07) is 0. The molecule has 0 aromatic heterocycles. The smallest absolute Gasteiger partial charge is 0.0180 e. The van der Waals surface area contributed by atoms with Crippen molar-refractivity contribution in [2.75, 3.05) is 0 Å². The van der Waals surface area contributed by atoms with E-state index in [1.807, 2.05) is 0 Å². The van der Waals surface area contributed by atoms with Gasteiger partial charge in [0, 0.05) is 0 Å². The highest BCUT2D eigenvalue weighted by Crippen LogP contribution is 2.46. The third-order valence-corrected chi connectivity index (χ3v) is 3.04. The molecule has 0 heteroatoms. The molecule has 4 bridgehead atoms. The van der Waals surface area contributed by atoms with Crippen molar-refractivity contribution in [3.63, 3.8) is 0 Å². The second kappa shape index (κ2) is 2.22. The van der Waals surface area contributed by atoms with Crippen LogP contribution in [0, 0.1) is 0 Å². The van der Waals surface area contributed by atoms with Gasteiger partial charge in [-0.1, -0.05) is 24.3 Å². The topological polar surface area (TPSA) is 0 Å². The Morgan fingerprint density at radius 2 is 1.25 bits per heavy atom. The fraction of sp³-hybridized carbons (Fsp3) is 0.333. The summed E-state index contributed by atoms with van der Waals surface area (Å²) in [5.74, 6) is 0. The first-order valence-electron chi connectivity index (χ1n) is 4.78. The van der Waals surface area contributed by atoms with Gasteiger partial charge in [-0.3, -0.25) is 0 Å². The van der Waals surface area contributed by atoms with Gasteiger partial charge in [-0.15, -0.1) is 0 Å². The standard InChI is InChI=1S/C12H12/c1-2-6-10-11-7-3-4-8-12(10)9(11)5-1/h1-2,5-6H,3-4,7-8H2. The fourth-order valence-electron chi connectivity index (χ4n) is 2.44. The van der Waals surface area contributed by atoms with E-state index in [0.29, 0.717) is 0 Å². The molecule has 0 saturated carbocycles. The molecule has 4 aliphatic carbocycles. The van der Waals surface area contributed by atoms with E-state index in [9.17, 15) is 0 Å². The van der Waals surface area contributed by atoms with Gasteiger partial charge in [0.15, 0.2) is 0 Å². The van der Waals surface area contributed by atoms with Gasteiger partial charge in [-0.05, 0) is 48.0 Å². The number of hydrogen-bond acceptors (Lipinski definition) is 0. The molecule has 0 aromatic carbocycles. The minimum Gasteiger partial charge on any atom is -0.0616 e. The van der Waals surface area contributed by atoms with Crippen LogP contribution in [-0.4, -0.2) is 0 Å². The molecule has 0 amide bonds. The van der Waals surface area contributed by atoms with Crippen LogP contribution in [-0.2, 0) is 0 Å². The minimum absolute atomic E-state index is 1.31. The van der Waals surface area contributed by atoms with Crippen molar-refractivity contribution in [3.05, 3.63) is 46.6 Å². The fourth-order valence-corrected chi connectivity index (χ4v) is 2.44. The maximum atomic E-state index is 2.28. The summed E-state index contributed by atoms with van der Waals surface area (Å²) in [5.41, 5.74) is 6.39. The van der Waals surface area contributed by atoms with Gasteiger partial charge in [-0.2, -0.15) is 0 Å². The van der Waals surface area contributed by atoms with Crippen molar-refractivity contribution in [2.24, 2.45) is 0 Å². The lowest BCUT2D eigenvalue weighted by atomic mass is 9.80. The minimum atomic E-state index is 1.31. The van der Waals surface area contributed by atoms with Gasteiger partial charge in [0.25, 0.3) is 0 Å². The molecule has 0 fully saturated rings. The Morgan fingerprint density at radius 1 is 0.750 bits per heavy atom. The van der Waals surface area contributed by atoms with Crippen LogP contribution in [0.3, 0.4) is 0 Å². The van der Waals surface area contributed by atoms with Crippen molar-refractivity contribution in [1.29, 1.82) is 0 Å². The molecule has 60 valence electrons. The van der Waals surface area contributed by atoms with Crippen LogP contribution in [0.4, 0.5) is 0 Å². The second-order valence-electron chi connectivity index (χ2n) is 3.71. The van der Waals surface area contributed by atoms with Gasteiger partial charge in [0.2, 0.25) is 0 Å². The van der Waals surface area contributed by atoms with Gasteiger partial charge in [0.05, 0.1) is 0 Å². The van der Waals surface area contributed by atoms with E-state index in [0.717, 1.165) is 0 Å². The van der Waals surface area contributed by atoms with Crippen LogP contribution in [0.25, 0.3) is 0 Å². The highest BCUT2D eigenvalue weighted by atomic mass is 14.3. The molecule has 0 aromatic rings. The molecule has 0 saturated heterocycles. The largest absolute Gasteiger partial charge is 0.0616 e. The third-order valence-electron chi connectivity index (χ3n) is 3.04. The molecule has 0 aliphatic heterocycles. The van der Waals surface area contributed by atoms with Crippen molar-refractivity contribution in [2.45, 2.75) is 25.7 Å². The number of hydrogen-bond donors (Lipinski definition) is 0. The van der Waals surface area contributed by atoms with Crippen molar-refractivity contribution < 1.29 is 0 Å². The van der Waals surface area contributed by atoms with E-state index in [1.54, 1.807) is 22.3 Å². The van der Waals surface area contributed by atoms with Gasteiger partial charge in [-0.25, -0.2) is 0 Å². The number of fused-ring (bicyclic) bond motifs is 1. The molecular formula is C12H12. The van der Waals surface area contributed by atoms with Gasteiger partial charge < -0.3 is 0 Å². The first kappa shape index (κ1) is 6.47. The predicted octanol–water partition coefficient (Wildman–Crippen LogP) is 3.29. The van der Waals surface area contributed by atoms with E-state index in [4.69, 9.17) is 0 Å². The SMILES string of the molecule is C1=CC2=C3CCCCC2=C3C=C1. The quantitative estimate of drug-likeness (QED) is 0.505. The van der Waals surface area contributed by atoms with E-state index in [-0.39, 0.29) is 0 Å². The van der Waals surface area contributed by atoms with Crippen LogP contribution < -0.4 is 0 Å². The molecule has 4 aliphatic rings. The highest BCUT2D eigenvalue weighted by molar-refractivity contribution is 5.70. The Hall–Kier alpha value is -1.04. The molecule has 0 atom stereocenters. The Kier molecular flexibility index (Phi) is 1.20. The lowest BCUT2D eigenvalue weighted by molar-refractivity contribution is 0.771. The summed E-state index contributed by atoms with van der Waals surface area (Å²) in [4.78, 5) is 0. The maximum absolute atomic E-state index is 2.28. The van der Waals surface area contributed by atoms with E-state index >= 15 is 0 Å². The van der Waals surface area contributed by atoms with E-state index in [2.05, 4.69) is 24.3 Å². The van der Waals surface area contributed by atoms with E-state index < -0.39 is 0 Å². The van der Waals surface area contributed by atoms with Crippen LogP contribution >= 0.6 is 0 Å². The average Bonchev–Trinajstić information content (AvgIpc) is 2.54. The summed E-state index contributed by atoms with van der Waals surface area (Å²) in [6.45, 7) is 0. The normalized spacial score (nSPS) is 25.3. The number of allylic oxidation sites excluding steroid dienone is 8. The van der Waals surface area contributed by atoms with Crippen LogP contribution in [0.2, 0.25) is 0 Å². The number of rotatable bonds is 0. The van der Waals surface area contributed by atoms with Crippen molar-refractivity contribution in [1.82, 2.24) is 0 Å². The zero-order valence-corrected chi connectivity index (χ0v) is 7.14. The van der Waals surface area contributed by atoms with Gasteiger partial charge in [0.1, 0.15) is 0 Å². The first-order valence-corrected chi connectivity index (χ1v) is 4.78. The van der Waals surface area contributed by atoms with Crippen LogP contribution in [0.1, 0.15) is 25.7 Å². The molecule has 0 radical (unpaired) electrons. The molecule has 4 rings (SSSR count). The molecule has 0 heterocycles.